The monoisotopic (exact) mass is 421 g/mol. The maximum absolute atomic E-state index is 13.2. The first-order valence-corrected chi connectivity index (χ1v) is 10.7. The number of aryl methyl sites for hydroxylation is 2. The number of ketones is 1. The Hall–Kier alpha value is -3.08. The summed E-state index contributed by atoms with van der Waals surface area (Å²) >= 11 is 0. The number of rotatable bonds is 7. The summed E-state index contributed by atoms with van der Waals surface area (Å²) in [6.07, 6.45) is 0.244. The molecule has 1 amide bonds. The second kappa shape index (κ2) is 8.96. The van der Waals surface area contributed by atoms with Crippen LogP contribution in [0.15, 0.2) is 53.8 Å². The normalized spacial score (nSPS) is 16.6. The molecule has 5 heteroatoms. The van der Waals surface area contributed by atoms with Gasteiger partial charge in [0.05, 0.1) is 17.7 Å². The number of hydrogen-bond donors (Lipinski definition) is 1. The third-order valence-corrected chi connectivity index (χ3v) is 5.13. The van der Waals surface area contributed by atoms with E-state index in [9.17, 15) is 14.7 Å². The van der Waals surface area contributed by atoms with Gasteiger partial charge in [-0.2, -0.15) is 0 Å². The molecule has 0 spiro atoms. The molecule has 3 rings (SSSR count). The number of ether oxygens (including phenoxy) is 1. The van der Waals surface area contributed by atoms with Crippen molar-refractivity contribution in [1.82, 2.24) is 0 Å². The summed E-state index contributed by atoms with van der Waals surface area (Å²) in [7, 11) is 0. The van der Waals surface area contributed by atoms with E-state index in [2.05, 4.69) is 0 Å². The molecule has 1 N–H and O–H groups in total. The summed E-state index contributed by atoms with van der Waals surface area (Å²) in [6, 6.07) is 12.5. The number of amides is 1. The van der Waals surface area contributed by atoms with Gasteiger partial charge in [0.15, 0.2) is 11.5 Å². The van der Waals surface area contributed by atoms with Crippen molar-refractivity contribution in [2.24, 2.45) is 5.92 Å². The van der Waals surface area contributed by atoms with Gasteiger partial charge in [-0.25, -0.2) is 0 Å². The highest BCUT2D eigenvalue weighted by molar-refractivity contribution is 6.16. The van der Waals surface area contributed by atoms with Crippen molar-refractivity contribution in [1.29, 1.82) is 0 Å². The van der Waals surface area contributed by atoms with Crippen LogP contribution in [-0.2, 0) is 9.59 Å². The summed E-state index contributed by atoms with van der Waals surface area (Å²) in [5.74, 6) is -0.480. The first kappa shape index (κ1) is 22.6. The molecule has 1 unspecified atom stereocenters. The summed E-state index contributed by atoms with van der Waals surface area (Å²) in [4.78, 5) is 27.9. The third-order valence-electron chi connectivity index (χ3n) is 5.13. The molecule has 1 heterocycles. The van der Waals surface area contributed by atoms with Gasteiger partial charge in [0.2, 0.25) is 0 Å². The number of carbonyl (C=O) groups is 2. The molecule has 2 aromatic carbocycles. The first-order chi connectivity index (χ1) is 14.6. The van der Waals surface area contributed by atoms with Gasteiger partial charge >= 0.3 is 0 Å². The Morgan fingerprint density at radius 2 is 1.71 bits per heavy atom. The number of carbonyl (C=O) groups excluding carboxylic acids is 2. The zero-order valence-corrected chi connectivity index (χ0v) is 19.1. The molecule has 1 aliphatic rings. The van der Waals surface area contributed by atoms with E-state index in [0.29, 0.717) is 11.4 Å². The molecule has 31 heavy (non-hydrogen) atoms. The van der Waals surface area contributed by atoms with Gasteiger partial charge < -0.3 is 9.84 Å². The van der Waals surface area contributed by atoms with Crippen LogP contribution in [0.3, 0.4) is 0 Å². The van der Waals surface area contributed by atoms with Crippen LogP contribution in [0.25, 0.3) is 0 Å². The fourth-order valence-electron chi connectivity index (χ4n) is 4.07. The van der Waals surface area contributed by atoms with Gasteiger partial charge in [0.1, 0.15) is 5.75 Å². The lowest BCUT2D eigenvalue weighted by molar-refractivity contribution is -0.118. The minimum absolute atomic E-state index is 0.0121. The predicted molar refractivity (Wildman–Crippen MR) is 122 cm³/mol. The lowest BCUT2D eigenvalue weighted by Gasteiger charge is -2.28. The summed E-state index contributed by atoms with van der Waals surface area (Å²) < 4.78 is 5.84. The van der Waals surface area contributed by atoms with Crippen molar-refractivity contribution in [3.8, 4) is 5.75 Å². The Balaban J connectivity index is 2.17. The van der Waals surface area contributed by atoms with Crippen LogP contribution in [-0.4, -0.2) is 22.9 Å². The highest BCUT2D eigenvalue weighted by Gasteiger charge is 2.44. The Labute approximate surface area is 184 Å². The van der Waals surface area contributed by atoms with Crippen LogP contribution in [0.2, 0.25) is 0 Å². The summed E-state index contributed by atoms with van der Waals surface area (Å²) in [6.45, 7) is 11.7. The molecule has 0 fully saturated rings. The summed E-state index contributed by atoms with van der Waals surface area (Å²) in [5, 5.41) is 10.8. The molecule has 0 bridgehead atoms. The molecule has 1 aliphatic heterocycles. The van der Waals surface area contributed by atoms with Crippen molar-refractivity contribution in [2.75, 3.05) is 4.90 Å². The number of aliphatic hydroxyl groups is 1. The molecule has 1 atom stereocenters. The topological polar surface area (TPSA) is 66.8 Å². The standard InChI is InChI=1S/C26H31NO4/c1-15(2)10-22(28)23-24(19-8-7-9-21(14-19)31-16(3)4)27(26(30)25(23)29)20-12-17(5)11-18(6)13-20/h7-9,11-16,24,29H,10H2,1-6H3. The molecule has 0 saturated heterocycles. The van der Waals surface area contributed by atoms with Gasteiger partial charge in [-0.3, -0.25) is 14.5 Å². The molecule has 0 radical (unpaired) electrons. The fourth-order valence-corrected chi connectivity index (χ4v) is 4.07. The first-order valence-electron chi connectivity index (χ1n) is 10.7. The number of hydrogen-bond acceptors (Lipinski definition) is 4. The quantitative estimate of drug-likeness (QED) is 0.631. The van der Waals surface area contributed by atoms with E-state index in [0.717, 1.165) is 16.7 Å². The van der Waals surface area contributed by atoms with Crippen molar-refractivity contribution >= 4 is 17.4 Å². The van der Waals surface area contributed by atoms with Gasteiger partial charge in [0, 0.05) is 12.1 Å². The number of aliphatic hydroxyl groups excluding tert-OH is 1. The zero-order chi connectivity index (χ0) is 22.9. The average molecular weight is 422 g/mol. The molecular formula is C26H31NO4. The molecule has 5 nitrogen and oxygen atoms in total. The van der Waals surface area contributed by atoms with Gasteiger partial charge in [-0.05, 0) is 74.6 Å². The fraction of sp³-hybridized carbons (Fsp3) is 0.385. The summed E-state index contributed by atoms with van der Waals surface area (Å²) in [5.41, 5.74) is 3.53. The number of nitrogens with zero attached hydrogens (tertiary/aromatic N) is 1. The van der Waals surface area contributed by atoms with Crippen LogP contribution >= 0.6 is 0 Å². The highest BCUT2D eigenvalue weighted by atomic mass is 16.5. The second-order valence-corrected chi connectivity index (χ2v) is 8.95. The predicted octanol–water partition coefficient (Wildman–Crippen LogP) is 5.61. The van der Waals surface area contributed by atoms with E-state index in [1.165, 1.54) is 4.90 Å². The molecule has 0 aromatic heterocycles. The van der Waals surface area contributed by atoms with Crippen molar-refractivity contribution in [3.05, 3.63) is 70.5 Å². The average Bonchev–Trinajstić information content (AvgIpc) is 2.91. The van der Waals surface area contributed by atoms with Gasteiger partial charge in [-0.1, -0.05) is 32.0 Å². The lowest BCUT2D eigenvalue weighted by Crippen LogP contribution is -2.31. The van der Waals surface area contributed by atoms with E-state index >= 15 is 0 Å². The van der Waals surface area contributed by atoms with Crippen molar-refractivity contribution in [3.63, 3.8) is 0 Å². The van der Waals surface area contributed by atoms with Crippen molar-refractivity contribution < 1.29 is 19.4 Å². The Morgan fingerprint density at radius 1 is 1.06 bits per heavy atom. The number of Topliss-reactive ketones (excluding diaryl/α,β-unsaturated/α-hetero) is 1. The molecule has 164 valence electrons. The minimum Gasteiger partial charge on any atom is -0.503 e. The molecule has 0 saturated carbocycles. The third kappa shape index (κ3) is 4.82. The van der Waals surface area contributed by atoms with Crippen LogP contribution in [0.1, 0.15) is 56.8 Å². The number of benzene rings is 2. The van der Waals surface area contributed by atoms with E-state index in [-0.39, 0.29) is 29.8 Å². The van der Waals surface area contributed by atoms with Crippen LogP contribution in [0.4, 0.5) is 5.69 Å². The molecule has 2 aromatic rings. The van der Waals surface area contributed by atoms with E-state index in [4.69, 9.17) is 4.74 Å². The van der Waals surface area contributed by atoms with Gasteiger partial charge in [-0.15, -0.1) is 0 Å². The smallest absolute Gasteiger partial charge is 0.294 e. The highest BCUT2D eigenvalue weighted by Crippen LogP contribution is 2.42. The SMILES string of the molecule is Cc1cc(C)cc(N2C(=O)C(O)=C(C(=O)CC(C)C)C2c2cccc(OC(C)C)c2)c1. The Bertz CT molecular complexity index is 1020. The van der Waals surface area contributed by atoms with E-state index in [1.807, 2.05) is 84.0 Å². The molecular weight excluding hydrogens is 390 g/mol. The maximum Gasteiger partial charge on any atom is 0.294 e. The van der Waals surface area contributed by atoms with Crippen LogP contribution in [0, 0.1) is 19.8 Å². The van der Waals surface area contributed by atoms with Crippen molar-refractivity contribution in [2.45, 2.75) is 60.1 Å². The van der Waals surface area contributed by atoms with Gasteiger partial charge in [0.25, 0.3) is 5.91 Å². The van der Waals surface area contributed by atoms with E-state index in [1.54, 1.807) is 0 Å². The lowest BCUT2D eigenvalue weighted by atomic mass is 9.91. The molecule has 0 aliphatic carbocycles. The Morgan fingerprint density at radius 3 is 2.29 bits per heavy atom. The van der Waals surface area contributed by atoms with E-state index < -0.39 is 17.7 Å². The van der Waals surface area contributed by atoms with Crippen LogP contribution in [0.5, 0.6) is 5.75 Å². The Kier molecular flexibility index (Phi) is 6.54. The minimum atomic E-state index is -0.712. The van der Waals surface area contributed by atoms with Crippen LogP contribution < -0.4 is 9.64 Å². The zero-order valence-electron chi connectivity index (χ0n) is 19.1. The largest absolute Gasteiger partial charge is 0.503 e. The number of anilines is 1. The maximum atomic E-state index is 13.2. The second-order valence-electron chi connectivity index (χ2n) is 8.95.